The first-order chi connectivity index (χ1) is 13.6. The molecule has 144 valence electrons. The Morgan fingerprint density at radius 3 is 2.68 bits per heavy atom. The Labute approximate surface area is 161 Å². The van der Waals surface area contributed by atoms with Crippen molar-refractivity contribution < 1.29 is 14.0 Å². The second kappa shape index (κ2) is 7.72. The molecule has 1 aromatic carbocycles. The predicted molar refractivity (Wildman–Crippen MR) is 104 cm³/mol. The minimum atomic E-state index is -0.297. The third-order valence-electron chi connectivity index (χ3n) is 5.15. The summed E-state index contributed by atoms with van der Waals surface area (Å²) >= 11 is 0. The summed E-state index contributed by atoms with van der Waals surface area (Å²) in [4.78, 5) is 41.7. The largest absolute Gasteiger partial charge is 0.467 e. The van der Waals surface area contributed by atoms with Crippen LogP contribution in [0, 0.1) is 5.92 Å². The zero-order chi connectivity index (χ0) is 19.5. The number of carbonyl (C=O) groups is 2. The Kier molecular flexibility index (Phi) is 4.97. The molecular formula is C21H21N3O4. The molecule has 1 fully saturated rings. The molecule has 3 aromatic rings. The minimum absolute atomic E-state index is 0.0231. The molecular weight excluding hydrogens is 358 g/mol. The number of piperidine rings is 1. The molecule has 2 amide bonds. The van der Waals surface area contributed by atoms with Gasteiger partial charge in [-0.05, 0) is 31.0 Å². The van der Waals surface area contributed by atoms with Gasteiger partial charge in [0, 0.05) is 36.0 Å². The maximum Gasteiger partial charge on any atom is 0.254 e. The first-order valence-corrected chi connectivity index (χ1v) is 9.33. The van der Waals surface area contributed by atoms with Crippen molar-refractivity contribution in [3.63, 3.8) is 0 Å². The number of furan rings is 1. The number of nitrogens with one attached hydrogen (secondary N) is 2. The van der Waals surface area contributed by atoms with E-state index in [1.165, 1.54) is 6.07 Å². The van der Waals surface area contributed by atoms with Gasteiger partial charge in [0.1, 0.15) is 5.76 Å². The molecule has 0 radical (unpaired) electrons. The fourth-order valence-electron chi connectivity index (χ4n) is 3.63. The number of H-pyrrole nitrogens is 1. The van der Waals surface area contributed by atoms with Crippen LogP contribution in [0.5, 0.6) is 0 Å². The van der Waals surface area contributed by atoms with Crippen LogP contribution >= 0.6 is 0 Å². The number of para-hydroxylation sites is 1. The molecule has 7 heteroatoms. The summed E-state index contributed by atoms with van der Waals surface area (Å²) in [7, 11) is 0. The molecule has 1 saturated heterocycles. The van der Waals surface area contributed by atoms with E-state index in [1.54, 1.807) is 23.3 Å². The van der Waals surface area contributed by atoms with Gasteiger partial charge in [0.05, 0.1) is 18.4 Å². The standard InChI is InChI=1S/C21H21N3O4/c25-19-12-17(16-5-1-2-6-18(16)23-19)21(27)24-9-7-14(8-10-24)20(26)22-13-15-4-3-11-28-15/h1-6,11-12,14H,7-10,13H2,(H,22,26)(H,23,25). The Bertz CT molecular complexity index is 1050. The van der Waals surface area contributed by atoms with Gasteiger partial charge in [-0.15, -0.1) is 0 Å². The molecule has 1 aliphatic heterocycles. The van der Waals surface area contributed by atoms with E-state index in [2.05, 4.69) is 10.3 Å². The molecule has 0 spiro atoms. The van der Waals surface area contributed by atoms with Gasteiger partial charge in [0.2, 0.25) is 11.5 Å². The first-order valence-electron chi connectivity index (χ1n) is 9.33. The van der Waals surface area contributed by atoms with E-state index in [1.807, 2.05) is 24.3 Å². The SMILES string of the molecule is O=C(NCc1ccco1)C1CCN(C(=O)c2cc(=O)[nH]c3ccccc23)CC1. The van der Waals surface area contributed by atoms with Crippen LogP contribution in [0.1, 0.15) is 29.0 Å². The highest BCUT2D eigenvalue weighted by molar-refractivity contribution is 6.06. The van der Waals surface area contributed by atoms with E-state index in [0.717, 1.165) is 5.39 Å². The summed E-state index contributed by atoms with van der Waals surface area (Å²) in [6, 6.07) is 12.2. The Morgan fingerprint density at radius 1 is 1.14 bits per heavy atom. The summed E-state index contributed by atoms with van der Waals surface area (Å²) in [6.45, 7) is 1.33. The van der Waals surface area contributed by atoms with Crippen molar-refractivity contribution in [1.29, 1.82) is 0 Å². The van der Waals surface area contributed by atoms with Crippen molar-refractivity contribution in [3.05, 3.63) is 70.4 Å². The summed E-state index contributed by atoms with van der Waals surface area (Å²) in [5.74, 6) is 0.388. The molecule has 2 N–H and O–H groups in total. The Balaban J connectivity index is 1.40. The fraction of sp³-hybridized carbons (Fsp3) is 0.286. The van der Waals surface area contributed by atoms with Crippen LogP contribution in [0.3, 0.4) is 0 Å². The zero-order valence-corrected chi connectivity index (χ0v) is 15.3. The van der Waals surface area contributed by atoms with Gasteiger partial charge in [0.25, 0.3) is 5.91 Å². The van der Waals surface area contributed by atoms with E-state index in [4.69, 9.17) is 4.42 Å². The molecule has 2 aromatic heterocycles. The number of pyridine rings is 1. The van der Waals surface area contributed by atoms with Gasteiger partial charge in [0.15, 0.2) is 0 Å². The molecule has 0 aliphatic carbocycles. The fourth-order valence-corrected chi connectivity index (χ4v) is 3.63. The Morgan fingerprint density at radius 2 is 1.93 bits per heavy atom. The molecule has 1 aliphatic rings. The summed E-state index contributed by atoms with van der Waals surface area (Å²) in [5, 5.41) is 3.61. The smallest absolute Gasteiger partial charge is 0.254 e. The summed E-state index contributed by atoms with van der Waals surface area (Å²) in [5.41, 5.74) is 0.750. The van der Waals surface area contributed by atoms with Gasteiger partial charge in [-0.2, -0.15) is 0 Å². The molecule has 0 saturated carbocycles. The van der Waals surface area contributed by atoms with Crippen molar-refractivity contribution >= 4 is 22.7 Å². The highest BCUT2D eigenvalue weighted by atomic mass is 16.3. The second-order valence-electron chi connectivity index (χ2n) is 6.96. The van der Waals surface area contributed by atoms with Gasteiger partial charge in [-0.3, -0.25) is 14.4 Å². The lowest BCUT2D eigenvalue weighted by Gasteiger charge is -2.31. The zero-order valence-electron chi connectivity index (χ0n) is 15.3. The van der Waals surface area contributed by atoms with E-state index in [0.29, 0.717) is 49.3 Å². The summed E-state index contributed by atoms with van der Waals surface area (Å²) in [6.07, 6.45) is 2.76. The van der Waals surface area contributed by atoms with Crippen LogP contribution in [0.25, 0.3) is 10.9 Å². The van der Waals surface area contributed by atoms with Gasteiger partial charge >= 0.3 is 0 Å². The number of carbonyl (C=O) groups excluding carboxylic acids is 2. The third kappa shape index (κ3) is 3.69. The maximum absolute atomic E-state index is 13.0. The van der Waals surface area contributed by atoms with Crippen LogP contribution in [-0.2, 0) is 11.3 Å². The van der Waals surface area contributed by atoms with E-state index in [-0.39, 0.29) is 23.3 Å². The molecule has 3 heterocycles. The average Bonchev–Trinajstić information content (AvgIpc) is 3.24. The Hall–Kier alpha value is -3.35. The lowest BCUT2D eigenvalue weighted by atomic mass is 9.95. The number of benzene rings is 1. The summed E-state index contributed by atoms with van der Waals surface area (Å²) < 4.78 is 5.22. The molecule has 7 nitrogen and oxygen atoms in total. The highest BCUT2D eigenvalue weighted by Crippen LogP contribution is 2.22. The van der Waals surface area contributed by atoms with Crippen molar-refractivity contribution in [3.8, 4) is 0 Å². The first kappa shape index (κ1) is 18.0. The maximum atomic E-state index is 13.0. The van der Waals surface area contributed by atoms with Crippen LogP contribution in [-0.4, -0.2) is 34.8 Å². The van der Waals surface area contributed by atoms with Crippen molar-refractivity contribution in [2.45, 2.75) is 19.4 Å². The number of fused-ring (bicyclic) bond motifs is 1. The third-order valence-corrected chi connectivity index (χ3v) is 5.15. The topological polar surface area (TPSA) is 95.4 Å². The second-order valence-corrected chi connectivity index (χ2v) is 6.96. The molecule has 0 unspecified atom stereocenters. The number of amides is 2. The number of aromatic nitrogens is 1. The van der Waals surface area contributed by atoms with Crippen LogP contribution < -0.4 is 10.9 Å². The number of likely N-dealkylation sites (tertiary alicyclic amines) is 1. The molecule has 0 bridgehead atoms. The minimum Gasteiger partial charge on any atom is -0.467 e. The predicted octanol–water partition coefficient (Wildman–Crippen LogP) is 2.29. The quantitative estimate of drug-likeness (QED) is 0.727. The lowest BCUT2D eigenvalue weighted by Crippen LogP contribution is -2.43. The highest BCUT2D eigenvalue weighted by Gasteiger charge is 2.28. The van der Waals surface area contributed by atoms with E-state index in [9.17, 15) is 14.4 Å². The van der Waals surface area contributed by atoms with E-state index >= 15 is 0 Å². The van der Waals surface area contributed by atoms with E-state index < -0.39 is 0 Å². The number of aromatic amines is 1. The van der Waals surface area contributed by atoms with Gasteiger partial charge in [-0.25, -0.2) is 0 Å². The normalized spacial score (nSPS) is 14.9. The number of nitrogens with zero attached hydrogens (tertiary/aromatic N) is 1. The molecule has 28 heavy (non-hydrogen) atoms. The number of hydrogen-bond donors (Lipinski definition) is 2. The van der Waals surface area contributed by atoms with Crippen LogP contribution in [0.15, 0.2) is 57.9 Å². The monoisotopic (exact) mass is 379 g/mol. The average molecular weight is 379 g/mol. The lowest BCUT2D eigenvalue weighted by molar-refractivity contribution is -0.126. The van der Waals surface area contributed by atoms with Gasteiger partial charge in [-0.1, -0.05) is 18.2 Å². The van der Waals surface area contributed by atoms with Crippen molar-refractivity contribution in [1.82, 2.24) is 15.2 Å². The molecule has 0 atom stereocenters. The number of hydrogen-bond acceptors (Lipinski definition) is 4. The van der Waals surface area contributed by atoms with Gasteiger partial charge < -0.3 is 19.6 Å². The van der Waals surface area contributed by atoms with Crippen molar-refractivity contribution in [2.75, 3.05) is 13.1 Å². The van der Waals surface area contributed by atoms with Crippen LogP contribution in [0.4, 0.5) is 0 Å². The van der Waals surface area contributed by atoms with Crippen molar-refractivity contribution in [2.24, 2.45) is 5.92 Å². The molecule has 4 rings (SSSR count). The number of rotatable bonds is 4. The van der Waals surface area contributed by atoms with Crippen LogP contribution in [0.2, 0.25) is 0 Å².